The number of carbonyl (C=O) groups is 1. The molecule has 2 rings (SSSR count). The third-order valence-electron chi connectivity index (χ3n) is 2.74. The largest absolute Gasteiger partial charge is 0.454 e. The summed E-state index contributed by atoms with van der Waals surface area (Å²) < 4.78 is 19.2. The van der Waals surface area contributed by atoms with Crippen LogP contribution in [0.1, 0.15) is 16.1 Å². The van der Waals surface area contributed by atoms with Crippen molar-refractivity contribution in [3.8, 4) is 11.5 Å². The van der Waals surface area contributed by atoms with Crippen LogP contribution in [0.2, 0.25) is 0 Å². The number of aryl methyl sites for hydroxylation is 1. The molecule has 5 nitrogen and oxygen atoms in total. The summed E-state index contributed by atoms with van der Waals surface area (Å²) in [6.07, 6.45) is 1.42. The normalized spacial score (nSPS) is 10.2. The summed E-state index contributed by atoms with van der Waals surface area (Å²) in [5.74, 6) is -0.539. The molecule has 0 aliphatic heterocycles. The topological polar surface area (TPSA) is 77.2 Å². The molecular weight excluding hydrogens is 261 g/mol. The first-order chi connectivity index (χ1) is 9.51. The van der Waals surface area contributed by atoms with Crippen molar-refractivity contribution in [2.24, 2.45) is 0 Å². The van der Waals surface area contributed by atoms with Gasteiger partial charge in [-0.25, -0.2) is 4.39 Å². The van der Waals surface area contributed by atoms with Crippen LogP contribution in [0.15, 0.2) is 30.5 Å². The molecule has 1 heterocycles. The molecule has 0 atom stereocenters. The van der Waals surface area contributed by atoms with Gasteiger partial charge in [0.25, 0.3) is 5.91 Å². The lowest BCUT2D eigenvalue weighted by Crippen LogP contribution is -2.18. The molecule has 6 heteroatoms. The van der Waals surface area contributed by atoms with Gasteiger partial charge in [0.05, 0.1) is 0 Å². The molecule has 3 N–H and O–H groups in total. The molecule has 104 valence electrons. The van der Waals surface area contributed by atoms with E-state index in [4.69, 9.17) is 10.5 Å². The zero-order valence-corrected chi connectivity index (χ0v) is 11.1. The number of nitrogen functional groups attached to an aromatic ring is 1. The van der Waals surface area contributed by atoms with Gasteiger partial charge in [0, 0.05) is 31.1 Å². The fourth-order valence-electron chi connectivity index (χ4n) is 1.60. The fraction of sp³-hybridized carbons (Fsp3) is 0.143. The predicted molar refractivity (Wildman–Crippen MR) is 73.3 cm³/mol. The van der Waals surface area contributed by atoms with E-state index in [1.807, 2.05) is 0 Å². The Morgan fingerprint density at radius 3 is 2.85 bits per heavy atom. The highest BCUT2D eigenvalue weighted by Gasteiger charge is 2.10. The van der Waals surface area contributed by atoms with Crippen LogP contribution >= 0.6 is 0 Å². The average Bonchev–Trinajstić information content (AvgIpc) is 2.44. The van der Waals surface area contributed by atoms with Crippen molar-refractivity contribution in [3.63, 3.8) is 0 Å². The number of hydrogen-bond donors (Lipinski definition) is 2. The number of hydrogen-bond acceptors (Lipinski definition) is 4. The molecule has 0 bridgehead atoms. The average molecular weight is 275 g/mol. The first-order valence-corrected chi connectivity index (χ1v) is 5.93. The Kier molecular flexibility index (Phi) is 3.84. The maximum absolute atomic E-state index is 13.7. The molecule has 0 saturated heterocycles. The van der Waals surface area contributed by atoms with Crippen LogP contribution in [0.5, 0.6) is 11.5 Å². The second-order valence-electron chi connectivity index (χ2n) is 4.20. The lowest BCUT2D eigenvalue weighted by molar-refractivity contribution is 0.0958. The highest BCUT2D eigenvalue weighted by atomic mass is 19.1. The van der Waals surface area contributed by atoms with Gasteiger partial charge in [-0.05, 0) is 24.6 Å². The number of aromatic nitrogens is 1. The minimum absolute atomic E-state index is 0.0470. The van der Waals surface area contributed by atoms with Crippen molar-refractivity contribution in [3.05, 3.63) is 47.5 Å². The summed E-state index contributed by atoms with van der Waals surface area (Å²) in [5.41, 5.74) is 6.87. The zero-order chi connectivity index (χ0) is 14.7. The fourth-order valence-corrected chi connectivity index (χ4v) is 1.60. The Morgan fingerprint density at radius 2 is 2.15 bits per heavy atom. The third kappa shape index (κ3) is 2.85. The number of nitrogens with one attached hydrogen (secondary N) is 1. The monoisotopic (exact) mass is 275 g/mol. The number of rotatable bonds is 3. The minimum atomic E-state index is -0.564. The van der Waals surface area contributed by atoms with Crippen molar-refractivity contribution in [1.29, 1.82) is 0 Å². The quantitative estimate of drug-likeness (QED) is 0.842. The Labute approximate surface area is 115 Å². The minimum Gasteiger partial charge on any atom is -0.454 e. The van der Waals surface area contributed by atoms with Crippen molar-refractivity contribution in [2.75, 3.05) is 12.8 Å². The SMILES string of the molecule is CNC(=O)c1cc(Oc2cc(C)c(N)cc2F)ccn1. The number of benzene rings is 1. The van der Waals surface area contributed by atoms with E-state index in [0.29, 0.717) is 17.0 Å². The molecule has 2 aromatic rings. The van der Waals surface area contributed by atoms with Crippen LogP contribution in [0.3, 0.4) is 0 Å². The van der Waals surface area contributed by atoms with Crippen LogP contribution < -0.4 is 15.8 Å². The summed E-state index contributed by atoms with van der Waals surface area (Å²) >= 11 is 0. The van der Waals surface area contributed by atoms with E-state index in [1.165, 1.54) is 37.5 Å². The number of carbonyl (C=O) groups excluding carboxylic acids is 1. The van der Waals surface area contributed by atoms with Crippen molar-refractivity contribution in [1.82, 2.24) is 10.3 Å². The maximum Gasteiger partial charge on any atom is 0.269 e. The van der Waals surface area contributed by atoms with Crippen LogP contribution in [0, 0.1) is 12.7 Å². The van der Waals surface area contributed by atoms with Crippen molar-refractivity contribution >= 4 is 11.6 Å². The standard InChI is InChI=1S/C14H14FN3O2/c1-8-5-13(10(15)7-11(8)16)20-9-3-4-18-12(6-9)14(19)17-2/h3-7H,16H2,1-2H3,(H,17,19). The highest BCUT2D eigenvalue weighted by Crippen LogP contribution is 2.28. The smallest absolute Gasteiger partial charge is 0.269 e. The number of nitrogens with zero attached hydrogens (tertiary/aromatic N) is 1. The molecule has 0 aliphatic rings. The first-order valence-electron chi connectivity index (χ1n) is 5.93. The van der Waals surface area contributed by atoms with Gasteiger partial charge >= 0.3 is 0 Å². The second kappa shape index (κ2) is 5.56. The van der Waals surface area contributed by atoms with E-state index >= 15 is 0 Å². The van der Waals surface area contributed by atoms with Gasteiger partial charge < -0.3 is 15.8 Å². The number of nitrogens with two attached hydrogens (primary N) is 1. The van der Waals surface area contributed by atoms with Gasteiger partial charge in [-0.15, -0.1) is 0 Å². The predicted octanol–water partition coefficient (Wildman–Crippen LogP) is 2.26. The molecule has 0 radical (unpaired) electrons. The number of halogens is 1. The maximum atomic E-state index is 13.7. The van der Waals surface area contributed by atoms with Gasteiger partial charge in [-0.3, -0.25) is 9.78 Å². The summed E-state index contributed by atoms with van der Waals surface area (Å²) in [6.45, 7) is 1.75. The molecular formula is C14H14FN3O2. The highest BCUT2D eigenvalue weighted by molar-refractivity contribution is 5.92. The van der Waals surface area contributed by atoms with E-state index in [9.17, 15) is 9.18 Å². The molecule has 0 fully saturated rings. The van der Waals surface area contributed by atoms with Crippen LogP contribution in [-0.2, 0) is 0 Å². The lowest BCUT2D eigenvalue weighted by Gasteiger charge is -2.09. The van der Waals surface area contributed by atoms with Crippen LogP contribution in [-0.4, -0.2) is 17.9 Å². The van der Waals surface area contributed by atoms with Gasteiger partial charge in [-0.2, -0.15) is 0 Å². The van der Waals surface area contributed by atoms with Gasteiger partial charge in [0.15, 0.2) is 11.6 Å². The number of ether oxygens (including phenoxy) is 1. The molecule has 1 aromatic heterocycles. The van der Waals surface area contributed by atoms with Crippen molar-refractivity contribution in [2.45, 2.75) is 6.92 Å². The van der Waals surface area contributed by atoms with E-state index in [1.54, 1.807) is 6.92 Å². The van der Waals surface area contributed by atoms with E-state index < -0.39 is 5.82 Å². The summed E-state index contributed by atoms with van der Waals surface area (Å²) in [4.78, 5) is 15.4. The Morgan fingerprint density at radius 1 is 1.40 bits per heavy atom. The molecule has 20 heavy (non-hydrogen) atoms. The Balaban J connectivity index is 2.31. The molecule has 0 aliphatic carbocycles. The molecule has 0 unspecified atom stereocenters. The Bertz CT molecular complexity index is 659. The molecule has 1 aromatic carbocycles. The summed E-state index contributed by atoms with van der Waals surface area (Å²) in [7, 11) is 1.50. The van der Waals surface area contributed by atoms with Gasteiger partial charge in [0.1, 0.15) is 11.4 Å². The lowest BCUT2D eigenvalue weighted by atomic mass is 10.2. The molecule has 1 amide bonds. The summed E-state index contributed by atoms with van der Waals surface area (Å²) in [6, 6.07) is 5.68. The number of pyridine rings is 1. The number of anilines is 1. The van der Waals surface area contributed by atoms with E-state index in [0.717, 1.165) is 0 Å². The van der Waals surface area contributed by atoms with Crippen LogP contribution in [0.4, 0.5) is 10.1 Å². The van der Waals surface area contributed by atoms with Gasteiger partial charge in [-0.1, -0.05) is 0 Å². The summed E-state index contributed by atoms with van der Waals surface area (Å²) in [5, 5.41) is 2.45. The Hall–Kier alpha value is -2.63. The molecule has 0 spiro atoms. The first kappa shape index (κ1) is 13.8. The van der Waals surface area contributed by atoms with Crippen LogP contribution in [0.25, 0.3) is 0 Å². The number of amides is 1. The zero-order valence-electron chi connectivity index (χ0n) is 11.1. The third-order valence-corrected chi connectivity index (χ3v) is 2.74. The van der Waals surface area contributed by atoms with E-state index in [2.05, 4.69) is 10.3 Å². The van der Waals surface area contributed by atoms with Crippen molar-refractivity contribution < 1.29 is 13.9 Å². The van der Waals surface area contributed by atoms with Gasteiger partial charge in [0.2, 0.25) is 0 Å². The van der Waals surface area contributed by atoms with E-state index in [-0.39, 0.29) is 17.4 Å². The second-order valence-corrected chi connectivity index (χ2v) is 4.20. The molecule has 0 saturated carbocycles.